The fraction of sp³-hybridized carbons (Fsp3) is 0.438. The van der Waals surface area contributed by atoms with E-state index in [2.05, 4.69) is 11.1 Å². The molecule has 0 unspecified atom stereocenters. The van der Waals surface area contributed by atoms with Crippen molar-refractivity contribution in [3.8, 4) is 6.07 Å². The third kappa shape index (κ3) is 4.19. The van der Waals surface area contributed by atoms with Crippen LogP contribution in [-0.2, 0) is 16.6 Å². The molecule has 1 heterocycles. The molecule has 0 aliphatic heterocycles. The monoisotopic (exact) mass is 348 g/mol. The van der Waals surface area contributed by atoms with Crippen LogP contribution in [0.2, 0.25) is 0 Å². The number of nitrogens with zero attached hydrogens (tertiary/aromatic N) is 3. The Balaban J connectivity index is 2.22. The number of hydrogen-bond donors (Lipinski definition) is 1. The van der Waals surface area contributed by atoms with Crippen molar-refractivity contribution in [2.24, 2.45) is 10.6 Å². The van der Waals surface area contributed by atoms with E-state index in [1.807, 2.05) is 13.8 Å². The van der Waals surface area contributed by atoms with Crippen molar-refractivity contribution >= 4 is 20.9 Å². The highest BCUT2D eigenvalue weighted by atomic mass is 32.2. The molecule has 1 aromatic carbocycles. The summed E-state index contributed by atoms with van der Waals surface area (Å²) in [5.41, 5.74) is -0.254. The SMILES string of the molecule is CC(C)(C#N)CCCCn1cnc2ccc(S(N)(=O)=O)cc2c1=O. The van der Waals surface area contributed by atoms with Crippen LogP contribution >= 0.6 is 0 Å². The molecule has 1 aromatic heterocycles. The Morgan fingerprint density at radius 3 is 2.67 bits per heavy atom. The van der Waals surface area contributed by atoms with Gasteiger partial charge in [0, 0.05) is 6.54 Å². The lowest BCUT2D eigenvalue weighted by molar-refractivity contribution is 0.415. The van der Waals surface area contributed by atoms with Crippen molar-refractivity contribution in [2.75, 3.05) is 0 Å². The van der Waals surface area contributed by atoms with E-state index in [0.29, 0.717) is 12.1 Å². The predicted octanol–water partition coefficient (Wildman–Crippen LogP) is 1.76. The number of hydrogen-bond acceptors (Lipinski definition) is 5. The van der Waals surface area contributed by atoms with Gasteiger partial charge in [-0.15, -0.1) is 0 Å². The molecule has 0 atom stereocenters. The second kappa shape index (κ2) is 6.71. The number of benzene rings is 1. The molecular weight excluding hydrogens is 328 g/mol. The number of sulfonamides is 1. The molecule has 0 amide bonds. The van der Waals surface area contributed by atoms with Gasteiger partial charge in [0.15, 0.2) is 0 Å². The summed E-state index contributed by atoms with van der Waals surface area (Å²) < 4.78 is 24.3. The second-order valence-electron chi connectivity index (χ2n) is 6.42. The van der Waals surface area contributed by atoms with Crippen LogP contribution in [0.3, 0.4) is 0 Å². The second-order valence-corrected chi connectivity index (χ2v) is 7.98. The Morgan fingerprint density at radius 1 is 1.33 bits per heavy atom. The van der Waals surface area contributed by atoms with Crippen molar-refractivity contribution in [1.29, 1.82) is 5.26 Å². The molecule has 0 aliphatic carbocycles. The lowest BCUT2D eigenvalue weighted by atomic mass is 9.89. The molecule has 0 spiro atoms. The van der Waals surface area contributed by atoms with Crippen LogP contribution in [0.25, 0.3) is 10.9 Å². The maximum atomic E-state index is 12.5. The molecular formula is C16H20N4O3S. The van der Waals surface area contributed by atoms with Crippen molar-refractivity contribution in [2.45, 2.75) is 44.6 Å². The van der Waals surface area contributed by atoms with Gasteiger partial charge >= 0.3 is 0 Å². The quantitative estimate of drug-likeness (QED) is 0.798. The normalized spacial score (nSPS) is 12.2. The fourth-order valence-corrected chi connectivity index (χ4v) is 2.92. The summed E-state index contributed by atoms with van der Waals surface area (Å²) >= 11 is 0. The van der Waals surface area contributed by atoms with Crippen molar-refractivity contribution in [1.82, 2.24) is 9.55 Å². The molecule has 0 fully saturated rings. The molecule has 2 aromatic rings. The van der Waals surface area contributed by atoms with Gasteiger partial charge in [-0.25, -0.2) is 18.5 Å². The maximum Gasteiger partial charge on any atom is 0.261 e. The van der Waals surface area contributed by atoms with Gasteiger partial charge in [0.05, 0.1) is 33.6 Å². The number of unbranched alkanes of at least 4 members (excludes halogenated alkanes) is 1. The maximum absolute atomic E-state index is 12.5. The van der Waals surface area contributed by atoms with E-state index in [1.165, 1.54) is 29.1 Å². The van der Waals surface area contributed by atoms with Gasteiger partial charge in [-0.2, -0.15) is 5.26 Å². The first-order valence-corrected chi connectivity index (χ1v) is 9.12. The van der Waals surface area contributed by atoms with Crippen LogP contribution in [0.15, 0.2) is 34.2 Å². The lowest BCUT2D eigenvalue weighted by Crippen LogP contribution is -2.21. The molecule has 0 radical (unpaired) electrons. The third-order valence-electron chi connectivity index (χ3n) is 3.88. The van der Waals surface area contributed by atoms with Gasteiger partial charge in [-0.3, -0.25) is 9.36 Å². The highest BCUT2D eigenvalue weighted by molar-refractivity contribution is 7.89. The zero-order chi connectivity index (χ0) is 18.0. The van der Waals surface area contributed by atoms with Crippen LogP contribution in [0.5, 0.6) is 0 Å². The number of aromatic nitrogens is 2. The van der Waals surface area contributed by atoms with E-state index in [-0.39, 0.29) is 21.3 Å². The Hall–Kier alpha value is -2.24. The number of nitriles is 1. The van der Waals surface area contributed by atoms with Crippen LogP contribution in [0.4, 0.5) is 0 Å². The largest absolute Gasteiger partial charge is 0.299 e. The molecule has 8 heteroatoms. The van der Waals surface area contributed by atoms with E-state index >= 15 is 0 Å². The third-order valence-corrected chi connectivity index (χ3v) is 4.79. The van der Waals surface area contributed by atoms with Crippen molar-refractivity contribution < 1.29 is 8.42 Å². The summed E-state index contributed by atoms with van der Waals surface area (Å²) in [5.74, 6) is 0. The fourth-order valence-electron chi connectivity index (χ4n) is 2.38. The Morgan fingerprint density at radius 2 is 2.04 bits per heavy atom. The molecule has 24 heavy (non-hydrogen) atoms. The molecule has 0 saturated carbocycles. The summed E-state index contributed by atoms with van der Waals surface area (Å²) in [6, 6.07) is 6.31. The van der Waals surface area contributed by atoms with E-state index in [4.69, 9.17) is 10.4 Å². The Labute approximate surface area is 140 Å². The highest BCUT2D eigenvalue weighted by Gasteiger charge is 2.16. The van der Waals surface area contributed by atoms with Crippen LogP contribution in [0, 0.1) is 16.7 Å². The summed E-state index contributed by atoms with van der Waals surface area (Å²) in [6.07, 6.45) is 3.74. The van der Waals surface area contributed by atoms with Gasteiger partial charge in [-0.1, -0.05) is 6.42 Å². The first-order valence-electron chi connectivity index (χ1n) is 7.57. The van der Waals surface area contributed by atoms with E-state index in [9.17, 15) is 13.2 Å². The van der Waals surface area contributed by atoms with Gasteiger partial charge in [0.1, 0.15) is 0 Å². The zero-order valence-electron chi connectivity index (χ0n) is 13.7. The molecule has 128 valence electrons. The summed E-state index contributed by atoms with van der Waals surface area (Å²) in [4.78, 5) is 16.6. The minimum atomic E-state index is -3.87. The molecule has 0 saturated heterocycles. The summed E-state index contributed by atoms with van der Waals surface area (Å²) in [5, 5.41) is 14.3. The van der Waals surface area contributed by atoms with E-state index < -0.39 is 10.0 Å². The predicted molar refractivity (Wildman–Crippen MR) is 90.6 cm³/mol. The molecule has 0 aliphatic rings. The number of aryl methyl sites for hydroxylation is 1. The van der Waals surface area contributed by atoms with Crippen molar-refractivity contribution in [3.05, 3.63) is 34.9 Å². The van der Waals surface area contributed by atoms with Gasteiger partial charge in [0.2, 0.25) is 10.0 Å². The van der Waals surface area contributed by atoms with Crippen LogP contribution < -0.4 is 10.7 Å². The summed E-state index contributed by atoms with van der Waals surface area (Å²) in [7, 11) is -3.87. The standard InChI is InChI=1S/C16H20N4O3S/c1-16(2,10-17)7-3-4-8-20-11-19-14-6-5-12(24(18,22)23)9-13(14)15(20)21/h5-6,9,11H,3-4,7-8H2,1-2H3,(H2,18,22,23). The zero-order valence-corrected chi connectivity index (χ0v) is 14.5. The minimum absolute atomic E-state index is 0.109. The average molecular weight is 348 g/mol. The highest BCUT2D eigenvalue weighted by Crippen LogP contribution is 2.21. The number of rotatable bonds is 6. The minimum Gasteiger partial charge on any atom is -0.299 e. The van der Waals surface area contributed by atoms with Crippen LogP contribution in [0.1, 0.15) is 33.1 Å². The van der Waals surface area contributed by atoms with E-state index in [1.54, 1.807) is 0 Å². The smallest absolute Gasteiger partial charge is 0.261 e. The number of primary sulfonamides is 1. The van der Waals surface area contributed by atoms with E-state index in [0.717, 1.165) is 19.3 Å². The first kappa shape index (κ1) is 18.1. The lowest BCUT2D eigenvalue weighted by Gasteiger charge is -2.14. The summed E-state index contributed by atoms with van der Waals surface area (Å²) in [6.45, 7) is 4.22. The average Bonchev–Trinajstić information content (AvgIpc) is 2.52. The van der Waals surface area contributed by atoms with Crippen molar-refractivity contribution in [3.63, 3.8) is 0 Å². The topological polar surface area (TPSA) is 119 Å². The first-order chi connectivity index (χ1) is 11.1. The Kier molecular flexibility index (Phi) is 5.06. The van der Waals surface area contributed by atoms with Gasteiger partial charge < -0.3 is 0 Å². The molecule has 2 N–H and O–H groups in total. The number of nitrogens with two attached hydrogens (primary N) is 1. The molecule has 0 bridgehead atoms. The van der Waals surface area contributed by atoms with Gasteiger partial charge in [0.25, 0.3) is 5.56 Å². The Bertz CT molecular complexity index is 955. The molecule has 2 rings (SSSR count). The molecule has 7 nitrogen and oxygen atoms in total. The van der Waals surface area contributed by atoms with Crippen LogP contribution in [-0.4, -0.2) is 18.0 Å². The number of fused-ring (bicyclic) bond motifs is 1. The van der Waals surface area contributed by atoms with Gasteiger partial charge in [-0.05, 0) is 44.9 Å².